The number of amidine groups is 1. The monoisotopic (exact) mass is 266 g/mol. The van der Waals surface area contributed by atoms with E-state index in [1.54, 1.807) is 0 Å². The van der Waals surface area contributed by atoms with Crippen molar-refractivity contribution in [2.24, 2.45) is 4.99 Å². The molecule has 0 bridgehead atoms. The highest BCUT2D eigenvalue weighted by atomic mass is 16.4. The number of aliphatic hydroxyl groups is 4. The molecule has 0 aromatic heterocycles. The lowest BCUT2D eigenvalue weighted by Gasteiger charge is -2.36. The van der Waals surface area contributed by atoms with E-state index >= 15 is 0 Å². The van der Waals surface area contributed by atoms with Crippen LogP contribution in [-0.2, 0) is 6.54 Å². The molecular formula is C13H18N2O4. The van der Waals surface area contributed by atoms with Gasteiger partial charge in [-0.2, -0.15) is 0 Å². The summed E-state index contributed by atoms with van der Waals surface area (Å²) in [5, 5.41) is 41.0. The SMILES string of the molecule is OCC1N/C(=N\Cc2ccccc2)[C@@H](O)C(O)[C@H]1O. The molecule has 19 heavy (non-hydrogen) atoms. The Labute approximate surface area is 111 Å². The largest absolute Gasteiger partial charge is 0.394 e. The van der Waals surface area contributed by atoms with Crippen LogP contribution >= 0.6 is 0 Å². The molecule has 1 fully saturated rings. The molecule has 0 spiro atoms. The van der Waals surface area contributed by atoms with Crippen LogP contribution in [0.25, 0.3) is 0 Å². The predicted octanol–water partition coefficient (Wildman–Crippen LogP) is -1.37. The first kappa shape index (κ1) is 14.0. The predicted molar refractivity (Wildman–Crippen MR) is 69.6 cm³/mol. The minimum Gasteiger partial charge on any atom is -0.394 e. The van der Waals surface area contributed by atoms with Gasteiger partial charge in [-0.3, -0.25) is 4.99 Å². The number of aliphatic imine (C=N–C) groups is 1. The molecule has 1 aliphatic rings. The maximum absolute atomic E-state index is 9.81. The van der Waals surface area contributed by atoms with Gasteiger partial charge in [0.15, 0.2) is 0 Å². The molecule has 1 heterocycles. The van der Waals surface area contributed by atoms with Crippen LogP contribution in [0, 0.1) is 0 Å². The lowest BCUT2D eigenvalue weighted by molar-refractivity contribution is -0.0681. The van der Waals surface area contributed by atoms with Crippen molar-refractivity contribution >= 4 is 5.84 Å². The van der Waals surface area contributed by atoms with E-state index in [1.807, 2.05) is 30.3 Å². The van der Waals surface area contributed by atoms with E-state index in [0.717, 1.165) is 5.56 Å². The van der Waals surface area contributed by atoms with Crippen LogP contribution in [-0.4, -0.2) is 57.2 Å². The molecule has 4 atom stereocenters. The maximum Gasteiger partial charge on any atom is 0.139 e. The van der Waals surface area contributed by atoms with E-state index < -0.39 is 24.4 Å². The number of nitrogens with one attached hydrogen (secondary N) is 1. The Kier molecular flexibility index (Phi) is 4.49. The number of hydrogen-bond donors (Lipinski definition) is 5. The summed E-state index contributed by atoms with van der Waals surface area (Å²) in [4.78, 5) is 4.19. The van der Waals surface area contributed by atoms with E-state index in [9.17, 15) is 15.3 Å². The third-order valence-corrected chi connectivity index (χ3v) is 3.17. The Morgan fingerprint density at radius 3 is 2.37 bits per heavy atom. The molecular weight excluding hydrogens is 248 g/mol. The third kappa shape index (κ3) is 3.10. The summed E-state index contributed by atoms with van der Waals surface area (Å²) < 4.78 is 0. The van der Waals surface area contributed by atoms with Gasteiger partial charge in [-0.25, -0.2) is 0 Å². The van der Waals surface area contributed by atoms with Crippen molar-refractivity contribution in [3.05, 3.63) is 35.9 Å². The molecule has 2 unspecified atom stereocenters. The minimum atomic E-state index is -1.35. The first-order valence-corrected chi connectivity index (χ1v) is 6.13. The lowest BCUT2D eigenvalue weighted by atomic mass is 9.95. The molecule has 1 saturated heterocycles. The van der Waals surface area contributed by atoms with Crippen LogP contribution in [0.4, 0.5) is 0 Å². The average Bonchev–Trinajstić information content (AvgIpc) is 2.45. The van der Waals surface area contributed by atoms with Crippen LogP contribution in [0.15, 0.2) is 35.3 Å². The van der Waals surface area contributed by atoms with E-state index in [0.29, 0.717) is 6.54 Å². The van der Waals surface area contributed by atoms with Crippen molar-refractivity contribution in [1.29, 1.82) is 0 Å². The van der Waals surface area contributed by atoms with Crippen LogP contribution in [0.1, 0.15) is 5.56 Å². The van der Waals surface area contributed by atoms with E-state index in [1.165, 1.54) is 0 Å². The second-order valence-corrected chi connectivity index (χ2v) is 4.55. The molecule has 2 rings (SSSR count). The molecule has 0 aliphatic carbocycles. The Morgan fingerprint density at radius 1 is 1.05 bits per heavy atom. The van der Waals surface area contributed by atoms with Crippen molar-refractivity contribution in [3.8, 4) is 0 Å². The Bertz CT molecular complexity index is 436. The van der Waals surface area contributed by atoms with Gasteiger partial charge < -0.3 is 25.7 Å². The number of piperidine rings is 1. The molecule has 1 aromatic carbocycles. The molecule has 0 amide bonds. The van der Waals surface area contributed by atoms with Crippen molar-refractivity contribution in [3.63, 3.8) is 0 Å². The summed E-state index contributed by atoms with van der Waals surface area (Å²) in [6, 6.07) is 8.73. The molecule has 1 aliphatic heterocycles. The summed E-state index contributed by atoms with van der Waals surface area (Å²) in [6.07, 6.45) is -3.86. The van der Waals surface area contributed by atoms with Crippen molar-refractivity contribution < 1.29 is 20.4 Å². The molecule has 104 valence electrons. The highest BCUT2D eigenvalue weighted by molar-refractivity contribution is 5.88. The second-order valence-electron chi connectivity index (χ2n) is 4.55. The van der Waals surface area contributed by atoms with Gasteiger partial charge in [0.05, 0.1) is 19.2 Å². The zero-order chi connectivity index (χ0) is 13.8. The molecule has 6 nitrogen and oxygen atoms in total. The van der Waals surface area contributed by atoms with Gasteiger partial charge in [0.1, 0.15) is 24.1 Å². The first-order valence-electron chi connectivity index (χ1n) is 6.13. The summed E-state index contributed by atoms with van der Waals surface area (Å²) in [5.41, 5.74) is 0.963. The van der Waals surface area contributed by atoms with E-state index in [-0.39, 0.29) is 12.4 Å². The fourth-order valence-corrected chi connectivity index (χ4v) is 2.00. The van der Waals surface area contributed by atoms with Crippen molar-refractivity contribution in [2.75, 3.05) is 6.61 Å². The maximum atomic E-state index is 9.81. The van der Waals surface area contributed by atoms with E-state index in [4.69, 9.17) is 5.11 Å². The topological polar surface area (TPSA) is 105 Å². The number of hydrogen-bond acceptors (Lipinski definition) is 5. The van der Waals surface area contributed by atoms with Crippen molar-refractivity contribution in [2.45, 2.75) is 30.9 Å². The van der Waals surface area contributed by atoms with Gasteiger partial charge in [-0.05, 0) is 5.56 Å². The minimum absolute atomic E-state index is 0.181. The zero-order valence-electron chi connectivity index (χ0n) is 10.3. The van der Waals surface area contributed by atoms with Gasteiger partial charge >= 0.3 is 0 Å². The van der Waals surface area contributed by atoms with Gasteiger partial charge in [-0.15, -0.1) is 0 Å². The van der Waals surface area contributed by atoms with Crippen molar-refractivity contribution in [1.82, 2.24) is 5.32 Å². The highest BCUT2D eigenvalue weighted by Crippen LogP contribution is 2.13. The normalized spacial score (nSPS) is 33.2. The Morgan fingerprint density at radius 2 is 1.74 bits per heavy atom. The Balaban J connectivity index is 2.10. The summed E-state index contributed by atoms with van der Waals surface area (Å²) >= 11 is 0. The molecule has 5 N–H and O–H groups in total. The van der Waals surface area contributed by atoms with Crippen LogP contribution in [0.5, 0.6) is 0 Å². The molecule has 0 radical (unpaired) electrons. The smallest absolute Gasteiger partial charge is 0.139 e. The number of rotatable bonds is 3. The number of benzene rings is 1. The fraction of sp³-hybridized carbons (Fsp3) is 0.462. The number of aliphatic hydroxyl groups excluding tert-OH is 4. The van der Waals surface area contributed by atoms with Gasteiger partial charge in [0.25, 0.3) is 0 Å². The fourth-order valence-electron chi connectivity index (χ4n) is 2.00. The second kappa shape index (κ2) is 6.12. The van der Waals surface area contributed by atoms with E-state index in [2.05, 4.69) is 10.3 Å². The van der Waals surface area contributed by atoms with Crippen LogP contribution < -0.4 is 5.32 Å². The molecule has 6 heteroatoms. The standard InChI is InChI=1S/C13H18N2O4/c16-7-9-10(17)11(18)12(19)13(15-9)14-6-8-4-2-1-3-5-8/h1-5,9-12,16-19H,6-7H2,(H,14,15)/t9?,10-,11?,12-/m0/s1. The zero-order valence-corrected chi connectivity index (χ0v) is 10.3. The summed E-state index contributed by atoms with van der Waals surface area (Å²) in [5.74, 6) is 0.181. The quantitative estimate of drug-likeness (QED) is 0.464. The van der Waals surface area contributed by atoms with Crippen LogP contribution in [0.3, 0.4) is 0 Å². The van der Waals surface area contributed by atoms with Gasteiger partial charge in [0.2, 0.25) is 0 Å². The average molecular weight is 266 g/mol. The van der Waals surface area contributed by atoms with Gasteiger partial charge in [0, 0.05) is 0 Å². The third-order valence-electron chi connectivity index (χ3n) is 3.17. The Hall–Kier alpha value is -1.47. The first-order chi connectivity index (χ1) is 9.13. The molecule has 1 aromatic rings. The summed E-state index contributed by atoms with van der Waals surface area (Å²) in [6.45, 7) is -0.00347. The van der Waals surface area contributed by atoms with Gasteiger partial charge in [-0.1, -0.05) is 30.3 Å². The molecule has 0 saturated carbocycles. The summed E-state index contributed by atoms with van der Waals surface area (Å²) in [7, 11) is 0. The lowest BCUT2D eigenvalue weighted by Crippen LogP contribution is -2.63. The van der Waals surface area contributed by atoms with Crippen LogP contribution in [0.2, 0.25) is 0 Å². The highest BCUT2D eigenvalue weighted by Gasteiger charge is 2.39. The number of nitrogens with zero attached hydrogens (tertiary/aromatic N) is 1.